The summed E-state index contributed by atoms with van der Waals surface area (Å²) < 4.78 is 27.2. The summed E-state index contributed by atoms with van der Waals surface area (Å²) in [4.78, 5) is 0. The Hall–Kier alpha value is -0.630. The summed E-state index contributed by atoms with van der Waals surface area (Å²) in [7, 11) is -0.564. The second kappa shape index (κ2) is 6.21. The number of aromatic nitrogens is 2. The number of hydrogen-bond acceptors (Lipinski definition) is 4. The van der Waals surface area contributed by atoms with Gasteiger partial charge in [0.1, 0.15) is 0 Å². The van der Waals surface area contributed by atoms with Gasteiger partial charge >= 0.3 is 0 Å². The minimum Gasteiger partial charge on any atom is -0.327 e. The predicted octanol–water partition coefficient (Wildman–Crippen LogP) is 1.07. The van der Waals surface area contributed by atoms with Crippen molar-refractivity contribution in [2.24, 2.45) is 18.7 Å². The molecule has 1 heterocycles. The third-order valence-corrected chi connectivity index (χ3v) is 5.50. The van der Waals surface area contributed by atoms with Gasteiger partial charge in [0, 0.05) is 26.7 Å². The fourth-order valence-electron chi connectivity index (χ4n) is 1.62. The molecule has 0 amide bonds. The fourth-order valence-corrected chi connectivity index (χ4v) is 3.40. The highest BCUT2D eigenvalue weighted by Crippen LogP contribution is 2.23. The van der Waals surface area contributed by atoms with Crippen molar-refractivity contribution in [2.75, 3.05) is 13.6 Å². The van der Waals surface area contributed by atoms with Crippen LogP contribution in [0.2, 0.25) is 5.02 Å². The molecule has 1 aromatic heterocycles. The number of sulfonamides is 1. The number of nitrogens with two attached hydrogens (primary N) is 1. The Morgan fingerprint density at radius 3 is 2.53 bits per heavy atom. The lowest BCUT2D eigenvalue weighted by Gasteiger charge is -2.21. The molecule has 2 N–H and O–H groups in total. The zero-order chi connectivity index (χ0) is 14.8. The van der Waals surface area contributed by atoms with Gasteiger partial charge in [-0.25, -0.2) is 8.42 Å². The van der Waals surface area contributed by atoms with Crippen LogP contribution in [0.4, 0.5) is 0 Å². The molecule has 0 aliphatic carbocycles. The molecule has 6 nitrogen and oxygen atoms in total. The molecular weight excluding hydrogens is 288 g/mol. The Morgan fingerprint density at radius 1 is 1.53 bits per heavy atom. The molecule has 0 aliphatic heterocycles. The molecule has 0 aromatic carbocycles. The second-order valence-electron chi connectivity index (χ2n) is 4.94. The third-order valence-electron chi connectivity index (χ3n) is 3.13. The molecule has 0 saturated heterocycles. The standard InChI is InChI=1S/C11H21ClN4O2S/c1-8(2)10(13)5-6-15(3)19(17,18)11-9(12)7-14-16(11)4/h7-8,10H,5-6,13H2,1-4H3. The minimum absolute atomic E-state index is 0.00906. The predicted molar refractivity (Wildman–Crippen MR) is 75.5 cm³/mol. The maximum atomic E-state index is 12.4. The van der Waals surface area contributed by atoms with Crippen LogP contribution in [-0.2, 0) is 17.1 Å². The van der Waals surface area contributed by atoms with Crippen molar-refractivity contribution in [3.8, 4) is 0 Å². The molecule has 0 radical (unpaired) electrons. The normalized spacial score (nSPS) is 14.3. The number of hydrogen-bond donors (Lipinski definition) is 1. The number of aryl methyl sites for hydroxylation is 1. The minimum atomic E-state index is -3.63. The first kappa shape index (κ1) is 16.4. The molecule has 110 valence electrons. The van der Waals surface area contributed by atoms with Crippen LogP contribution in [0.3, 0.4) is 0 Å². The molecule has 0 aliphatic rings. The van der Waals surface area contributed by atoms with Gasteiger partial charge < -0.3 is 5.73 Å². The smallest absolute Gasteiger partial charge is 0.261 e. The number of rotatable bonds is 6. The Morgan fingerprint density at radius 2 is 2.11 bits per heavy atom. The Bertz CT molecular complexity index is 507. The summed E-state index contributed by atoms with van der Waals surface area (Å²) in [6.07, 6.45) is 1.92. The number of halogens is 1. The molecular formula is C11H21ClN4O2S. The first-order chi connectivity index (χ1) is 8.67. The Balaban J connectivity index is 2.84. The van der Waals surface area contributed by atoms with Crippen LogP contribution in [0.5, 0.6) is 0 Å². The van der Waals surface area contributed by atoms with E-state index in [0.717, 1.165) is 0 Å². The van der Waals surface area contributed by atoms with E-state index in [1.807, 2.05) is 13.8 Å². The molecule has 1 aromatic rings. The van der Waals surface area contributed by atoms with Gasteiger partial charge in [-0.1, -0.05) is 25.4 Å². The van der Waals surface area contributed by atoms with E-state index in [9.17, 15) is 8.42 Å². The number of nitrogens with zero attached hydrogens (tertiary/aromatic N) is 3. The summed E-state index contributed by atoms with van der Waals surface area (Å²) in [6, 6.07) is -0.0281. The van der Waals surface area contributed by atoms with Crippen LogP contribution in [-0.4, -0.2) is 42.1 Å². The molecule has 0 spiro atoms. The van der Waals surface area contributed by atoms with Gasteiger partial charge in [0.2, 0.25) is 0 Å². The SMILES string of the molecule is CC(C)C(N)CCN(C)S(=O)(=O)c1c(Cl)cnn1C. The van der Waals surface area contributed by atoms with Crippen molar-refractivity contribution in [3.05, 3.63) is 11.2 Å². The Labute approximate surface area is 119 Å². The van der Waals surface area contributed by atoms with Gasteiger partial charge in [-0.05, 0) is 12.3 Å². The summed E-state index contributed by atoms with van der Waals surface area (Å²) in [6.45, 7) is 4.37. The lowest BCUT2D eigenvalue weighted by atomic mass is 10.0. The maximum Gasteiger partial charge on any atom is 0.261 e. The van der Waals surface area contributed by atoms with Crippen molar-refractivity contribution in [3.63, 3.8) is 0 Å². The van der Waals surface area contributed by atoms with E-state index in [-0.39, 0.29) is 16.1 Å². The van der Waals surface area contributed by atoms with Crippen molar-refractivity contribution in [1.82, 2.24) is 14.1 Å². The van der Waals surface area contributed by atoms with Gasteiger partial charge in [0.15, 0.2) is 5.03 Å². The summed E-state index contributed by atoms with van der Waals surface area (Å²) in [5.74, 6) is 0.316. The summed E-state index contributed by atoms with van der Waals surface area (Å²) in [5.41, 5.74) is 5.92. The van der Waals surface area contributed by atoms with Crippen molar-refractivity contribution >= 4 is 21.6 Å². The molecule has 0 fully saturated rings. The van der Waals surface area contributed by atoms with E-state index in [2.05, 4.69) is 5.10 Å². The third kappa shape index (κ3) is 3.68. The quantitative estimate of drug-likeness (QED) is 0.852. The largest absolute Gasteiger partial charge is 0.327 e. The monoisotopic (exact) mass is 308 g/mol. The molecule has 1 atom stereocenters. The second-order valence-corrected chi connectivity index (χ2v) is 7.31. The molecule has 8 heteroatoms. The van der Waals surface area contributed by atoms with Gasteiger partial charge in [-0.2, -0.15) is 9.40 Å². The Kier molecular flexibility index (Phi) is 5.37. The molecule has 0 saturated carbocycles. The highest BCUT2D eigenvalue weighted by molar-refractivity contribution is 7.89. The average molecular weight is 309 g/mol. The van der Waals surface area contributed by atoms with Crippen molar-refractivity contribution < 1.29 is 8.42 Å². The summed E-state index contributed by atoms with van der Waals surface area (Å²) >= 11 is 5.87. The van der Waals surface area contributed by atoms with E-state index < -0.39 is 10.0 Å². The average Bonchev–Trinajstić information content (AvgIpc) is 2.65. The highest BCUT2D eigenvalue weighted by Gasteiger charge is 2.27. The van der Waals surface area contributed by atoms with Crippen LogP contribution in [0.15, 0.2) is 11.2 Å². The van der Waals surface area contributed by atoms with Gasteiger partial charge in [0.05, 0.1) is 11.2 Å². The van der Waals surface area contributed by atoms with Gasteiger partial charge in [-0.3, -0.25) is 4.68 Å². The fraction of sp³-hybridized carbons (Fsp3) is 0.727. The molecule has 1 unspecified atom stereocenters. The first-order valence-corrected chi connectivity index (χ1v) is 7.89. The van der Waals surface area contributed by atoms with Crippen LogP contribution in [0.1, 0.15) is 20.3 Å². The van der Waals surface area contributed by atoms with Gasteiger partial charge in [-0.15, -0.1) is 0 Å². The van der Waals surface area contributed by atoms with Gasteiger partial charge in [0.25, 0.3) is 10.0 Å². The van der Waals surface area contributed by atoms with Crippen LogP contribution in [0, 0.1) is 5.92 Å². The van der Waals surface area contributed by atoms with Crippen molar-refractivity contribution in [1.29, 1.82) is 0 Å². The van der Waals surface area contributed by atoms with Crippen LogP contribution in [0.25, 0.3) is 0 Å². The molecule has 0 bridgehead atoms. The van der Waals surface area contributed by atoms with Crippen LogP contribution >= 0.6 is 11.6 Å². The topological polar surface area (TPSA) is 81.2 Å². The van der Waals surface area contributed by atoms with E-state index >= 15 is 0 Å². The van der Waals surface area contributed by atoms with E-state index in [1.165, 1.54) is 22.2 Å². The zero-order valence-electron chi connectivity index (χ0n) is 11.7. The van der Waals surface area contributed by atoms with E-state index in [1.54, 1.807) is 7.05 Å². The van der Waals surface area contributed by atoms with Crippen LogP contribution < -0.4 is 5.73 Å². The van der Waals surface area contributed by atoms with E-state index in [0.29, 0.717) is 18.9 Å². The highest BCUT2D eigenvalue weighted by atomic mass is 35.5. The molecule has 1 rings (SSSR count). The maximum absolute atomic E-state index is 12.4. The summed E-state index contributed by atoms with van der Waals surface area (Å²) in [5, 5.41) is 3.98. The zero-order valence-corrected chi connectivity index (χ0v) is 13.2. The van der Waals surface area contributed by atoms with Crippen molar-refractivity contribution in [2.45, 2.75) is 31.3 Å². The molecule has 19 heavy (non-hydrogen) atoms. The van der Waals surface area contributed by atoms with E-state index in [4.69, 9.17) is 17.3 Å². The first-order valence-electron chi connectivity index (χ1n) is 6.07. The lowest BCUT2D eigenvalue weighted by molar-refractivity contribution is 0.395. The lowest BCUT2D eigenvalue weighted by Crippen LogP contribution is -2.35.